The second-order valence-corrected chi connectivity index (χ2v) is 7.52. The van der Waals surface area contributed by atoms with E-state index in [4.69, 9.17) is 4.74 Å². The lowest BCUT2D eigenvalue weighted by molar-refractivity contribution is 0.0599. The van der Waals surface area contributed by atoms with Gasteiger partial charge < -0.3 is 4.74 Å². The molecule has 2 aromatic heterocycles. The van der Waals surface area contributed by atoms with Gasteiger partial charge in [-0.25, -0.2) is 4.68 Å². The molecule has 0 aromatic carbocycles. The molecule has 0 spiro atoms. The van der Waals surface area contributed by atoms with Crippen LogP contribution in [0.1, 0.15) is 35.8 Å². The van der Waals surface area contributed by atoms with Crippen LogP contribution >= 0.6 is 11.3 Å². The zero-order chi connectivity index (χ0) is 16.4. The Morgan fingerprint density at radius 2 is 2.33 bits per heavy atom. The minimum atomic E-state index is 0.182. The van der Waals surface area contributed by atoms with Crippen LogP contribution in [0.3, 0.4) is 0 Å². The Hall–Kier alpha value is -1.50. The molecule has 0 amide bonds. The largest absolute Gasteiger partial charge is 0.375 e. The highest BCUT2D eigenvalue weighted by atomic mass is 32.1. The number of nitrogens with zero attached hydrogens (tertiary/aromatic N) is 4. The standard InChI is InChI=1S/C18H24N4OS/c1-2-8-23-12-17-18-16(22(20-19-18)11-14-3-4-14)5-7-21(17)10-15-6-9-24-13-15/h2,6,9,13-14,17H,1,3-5,7-8,10-12H2/t17-/m0/s1. The van der Waals surface area contributed by atoms with Crippen molar-refractivity contribution in [3.63, 3.8) is 0 Å². The molecule has 2 aliphatic rings. The van der Waals surface area contributed by atoms with E-state index >= 15 is 0 Å². The molecule has 0 saturated heterocycles. The van der Waals surface area contributed by atoms with Crippen molar-refractivity contribution in [2.45, 2.75) is 38.4 Å². The van der Waals surface area contributed by atoms with Gasteiger partial charge >= 0.3 is 0 Å². The Kier molecular flexibility index (Phi) is 4.78. The van der Waals surface area contributed by atoms with Gasteiger partial charge in [0.1, 0.15) is 5.69 Å². The summed E-state index contributed by atoms with van der Waals surface area (Å²) in [6.45, 7) is 7.97. The number of fused-ring (bicyclic) bond motifs is 1. The first-order chi connectivity index (χ1) is 11.8. The first kappa shape index (κ1) is 16.0. The molecule has 1 saturated carbocycles. The molecule has 5 nitrogen and oxygen atoms in total. The van der Waals surface area contributed by atoms with Crippen molar-refractivity contribution in [1.29, 1.82) is 0 Å². The average molecular weight is 344 g/mol. The minimum Gasteiger partial charge on any atom is -0.375 e. The molecular weight excluding hydrogens is 320 g/mol. The number of thiophene rings is 1. The SMILES string of the molecule is C=CCOC[C@H]1c2nnn(CC3CC3)c2CCN1Cc1ccsc1. The highest BCUT2D eigenvalue weighted by molar-refractivity contribution is 7.07. The first-order valence-corrected chi connectivity index (χ1v) is 9.65. The lowest BCUT2D eigenvalue weighted by Gasteiger charge is -2.34. The summed E-state index contributed by atoms with van der Waals surface area (Å²) in [5.41, 5.74) is 3.79. The zero-order valence-electron chi connectivity index (χ0n) is 13.9. The van der Waals surface area contributed by atoms with E-state index in [0.29, 0.717) is 13.2 Å². The zero-order valence-corrected chi connectivity index (χ0v) is 14.7. The molecule has 0 bridgehead atoms. The van der Waals surface area contributed by atoms with E-state index < -0.39 is 0 Å². The summed E-state index contributed by atoms with van der Waals surface area (Å²) in [5.74, 6) is 0.815. The van der Waals surface area contributed by atoms with Crippen molar-refractivity contribution in [3.05, 3.63) is 46.4 Å². The van der Waals surface area contributed by atoms with E-state index in [1.54, 1.807) is 17.4 Å². The number of hydrogen-bond donors (Lipinski definition) is 0. The van der Waals surface area contributed by atoms with Crippen molar-refractivity contribution < 1.29 is 4.74 Å². The highest BCUT2D eigenvalue weighted by Crippen LogP contribution is 2.34. The van der Waals surface area contributed by atoms with Crippen molar-refractivity contribution in [2.75, 3.05) is 19.8 Å². The van der Waals surface area contributed by atoms with Gasteiger partial charge in [0, 0.05) is 26.1 Å². The number of aromatic nitrogens is 3. The van der Waals surface area contributed by atoms with E-state index in [1.807, 2.05) is 0 Å². The molecule has 0 unspecified atom stereocenters. The molecule has 1 aliphatic carbocycles. The van der Waals surface area contributed by atoms with E-state index in [9.17, 15) is 0 Å². The smallest absolute Gasteiger partial charge is 0.105 e. The van der Waals surface area contributed by atoms with Crippen LogP contribution in [0.2, 0.25) is 0 Å². The molecule has 3 heterocycles. The fourth-order valence-corrected chi connectivity index (χ4v) is 4.05. The van der Waals surface area contributed by atoms with Gasteiger partial charge in [0.15, 0.2) is 0 Å². The summed E-state index contributed by atoms with van der Waals surface area (Å²) in [7, 11) is 0. The van der Waals surface area contributed by atoms with Gasteiger partial charge in [-0.2, -0.15) is 11.3 Å². The number of ether oxygens (including phenoxy) is 1. The first-order valence-electron chi connectivity index (χ1n) is 8.71. The fourth-order valence-electron chi connectivity index (χ4n) is 3.39. The second-order valence-electron chi connectivity index (χ2n) is 6.74. The van der Waals surface area contributed by atoms with Gasteiger partial charge in [0.05, 0.1) is 24.9 Å². The monoisotopic (exact) mass is 344 g/mol. The van der Waals surface area contributed by atoms with Gasteiger partial charge in [0.25, 0.3) is 0 Å². The highest BCUT2D eigenvalue weighted by Gasteiger charge is 2.33. The Balaban J connectivity index is 1.54. The quantitative estimate of drug-likeness (QED) is 0.545. The maximum Gasteiger partial charge on any atom is 0.105 e. The van der Waals surface area contributed by atoms with Crippen molar-refractivity contribution in [3.8, 4) is 0 Å². The van der Waals surface area contributed by atoms with E-state index in [0.717, 1.165) is 37.7 Å². The normalized spacial score (nSPS) is 20.9. The van der Waals surface area contributed by atoms with E-state index in [2.05, 4.69) is 43.3 Å². The van der Waals surface area contributed by atoms with Crippen molar-refractivity contribution >= 4 is 11.3 Å². The van der Waals surface area contributed by atoms with Crippen LogP contribution in [0.5, 0.6) is 0 Å². The maximum atomic E-state index is 5.80. The lowest BCUT2D eigenvalue weighted by Crippen LogP contribution is -2.38. The third-order valence-corrected chi connectivity index (χ3v) is 5.60. The summed E-state index contributed by atoms with van der Waals surface area (Å²) in [5, 5.41) is 13.4. The van der Waals surface area contributed by atoms with Crippen LogP contribution in [-0.2, 0) is 24.2 Å². The molecule has 2 aromatic rings. The van der Waals surface area contributed by atoms with Crippen LogP contribution < -0.4 is 0 Å². The van der Waals surface area contributed by atoms with Gasteiger partial charge in [-0.15, -0.1) is 11.7 Å². The predicted octanol–water partition coefficient (Wildman–Crippen LogP) is 3.05. The molecule has 24 heavy (non-hydrogen) atoms. The third-order valence-electron chi connectivity index (χ3n) is 4.87. The topological polar surface area (TPSA) is 43.2 Å². The Morgan fingerprint density at radius 1 is 1.42 bits per heavy atom. The number of rotatable bonds is 8. The molecule has 1 fully saturated rings. The lowest BCUT2D eigenvalue weighted by atomic mass is 10.0. The van der Waals surface area contributed by atoms with Crippen LogP contribution in [0.15, 0.2) is 29.5 Å². The fraction of sp³-hybridized carbons (Fsp3) is 0.556. The van der Waals surface area contributed by atoms with Gasteiger partial charge in [0.2, 0.25) is 0 Å². The van der Waals surface area contributed by atoms with Crippen LogP contribution in [-0.4, -0.2) is 39.7 Å². The van der Waals surface area contributed by atoms with Gasteiger partial charge in [-0.3, -0.25) is 4.90 Å². The van der Waals surface area contributed by atoms with E-state index in [-0.39, 0.29) is 6.04 Å². The maximum absolute atomic E-state index is 5.80. The number of hydrogen-bond acceptors (Lipinski definition) is 5. The summed E-state index contributed by atoms with van der Waals surface area (Å²) in [6.07, 6.45) is 5.50. The summed E-state index contributed by atoms with van der Waals surface area (Å²) in [6, 6.07) is 2.38. The van der Waals surface area contributed by atoms with Crippen LogP contribution in [0.4, 0.5) is 0 Å². The van der Waals surface area contributed by atoms with Crippen molar-refractivity contribution in [2.24, 2.45) is 5.92 Å². The van der Waals surface area contributed by atoms with E-state index in [1.165, 1.54) is 24.1 Å². The predicted molar refractivity (Wildman–Crippen MR) is 94.9 cm³/mol. The Bertz CT molecular complexity index is 677. The summed E-state index contributed by atoms with van der Waals surface area (Å²) >= 11 is 1.75. The molecule has 1 aliphatic heterocycles. The Morgan fingerprint density at radius 3 is 3.08 bits per heavy atom. The Labute approximate surface area is 146 Å². The van der Waals surface area contributed by atoms with Gasteiger partial charge in [-0.1, -0.05) is 11.3 Å². The molecular formula is C18H24N4OS. The molecule has 128 valence electrons. The molecule has 0 radical (unpaired) electrons. The second kappa shape index (κ2) is 7.17. The van der Waals surface area contributed by atoms with Gasteiger partial charge in [-0.05, 0) is 41.1 Å². The minimum absolute atomic E-state index is 0.182. The average Bonchev–Trinajstić information content (AvgIpc) is 3.08. The summed E-state index contributed by atoms with van der Waals surface area (Å²) < 4.78 is 7.95. The van der Waals surface area contributed by atoms with Crippen molar-refractivity contribution in [1.82, 2.24) is 19.9 Å². The summed E-state index contributed by atoms with van der Waals surface area (Å²) in [4.78, 5) is 2.48. The van der Waals surface area contributed by atoms with Crippen LogP contribution in [0, 0.1) is 5.92 Å². The van der Waals surface area contributed by atoms with Crippen LogP contribution in [0.25, 0.3) is 0 Å². The molecule has 0 N–H and O–H groups in total. The molecule has 4 rings (SSSR count). The molecule has 6 heteroatoms. The third kappa shape index (κ3) is 3.45. The molecule has 1 atom stereocenters.